The molecule has 6 nitrogen and oxygen atoms in total. The number of guanidine groups is 1. The van der Waals surface area contributed by atoms with Crippen molar-refractivity contribution in [3.05, 3.63) is 23.9 Å². The number of aromatic amines is 1. The Morgan fingerprint density at radius 2 is 2.04 bits per heavy atom. The maximum atomic E-state index is 5.86. The summed E-state index contributed by atoms with van der Waals surface area (Å²) in [4.78, 5) is 7.79. The number of aliphatic imine (C=N–C) groups is 1. The van der Waals surface area contributed by atoms with Crippen molar-refractivity contribution in [2.45, 2.75) is 39.2 Å². The minimum Gasteiger partial charge on any atom is -0.497 e. The van der Waals surface area contributed by atoms with Gasteiger partial charge in [0.1, 0.15) is 11.5 Å². The fourth-order valence-corrected chi connectivity index (χ4v) is 2.53. The van der Waals surface area contributed by atoms with E-state index in [0.717, 1.165) is 47.4 Å². The van der Waals surface area contributed by atoms with Crippen LogP contribution in [0.1, 0.15) is 32.4 Å². The van der Waals surface area contributed by atoms with Crippen LogP contribution in [0, 0.1) is 0 Å². The third kappa shape index (κ3) is 5.98. The molecule has 0 amide bonds. The summed E-state index contributed by atoms with van der Waals surface area (Å²) in [6.07, 6.45) is 2.85. The molecule has 1 unspecified atom stereocenters. The fraction of sp³-hybridized carbons (Fsp3) is 0.500. The topological polar surface area (TPSA) is 84.7 Å². The number of rotatable bonds is 8. The molecule has 0 saturated heterocycles. The van der Waals surface area contributed by atoms with Crippen LogP contribution < -0.4 is 20.5 Å². The maximum Gasteiger partial charge on any atom is 0.188 e. The lowest BCUT2D eigenvalue weighted by atomic mass is 10.2. The highest BCUT2D eigenvalue weighted by Gasteiger charge is 2.09. The summed E-state index contributed by atoms with van der Waals surface area (Å²) in [5.74, 6) is 2.11. The summed E-state index contributed by atoms with van der Waals surface area (Å²) < 4.78 is 10.7. The Morgan fingerprint density at radius 1 is 1.28 bits per heavy atom. The van der Waals surface area contributed by atoms with Gasteiger partial charge in [-0.3, -0.25) is 4.99 Å². The summed E-state index contributed by atoms with van der Waals surface area (Å²) in [5.41, 5.74) is 8.03. The Labute approximate surface area is 166 Å². The van der Waals surface area contributed by atoms with E-state index in [1.165, 1.54) is 0 Å². The SMILES string of the molecule is CCC(C)NC(N)=NCCCc1cc2c(OC)cc(OC)cc2[nH]1.I. The second-order valence-electron chi connectivity index (χ2n) is 5.91. The first-order valence-corrected chi connectivity index (χ1v) is 8.37. The molecule has 1 aromatic carbocycles. The van der Waals surface area contributed by atoms with E-state index >= 15 is 0 Å². The normalized spacial score (nSPS) is 12.6. The van der Waals surface area contributed by atoms with E-state index in [2.05, 4.69) is 35.2 Å². The van der Waals surface area contributed by atoms with Gasteiger partial charge in [-0.15, -0.1) is 24.0 Å². The van der Waals surface area contributed by atoms with Crippen LogP contribution in [0.3, 0.4) is 0 Å². The molecule has 2 rings (SSSR count). The van der Waals surface area contributed by atoms with Gasteiger partial charge in [0.2, 0.25) is 0 Å². The third-order valence-corrected chi connectivity index (χ3v) is 4.08. The monoisotopic (exact) mass is 460 g/mol. The molecule has 0 radical (unpaired) electrons. The molecule has 0 aliphatic rings. The summed E-state index contributed by atoms with van der Waals surface area (Å²) in [7, 11) is 3.32. The summed E-state index contributed by atoms with van der Waals surface area (Å²) >= 11 is 0. The molecule has 2 aromatic rings. The predicted octanol–water partition coefficient (Wildman–Crippen LogP) is 3.44. The van der Waals surface area contributed by atoms with Crippen LogP contribution in [0.15, 0.2) is 23.2 Å². The molecule has 4 N–H and O–H groups in total. The number of methoxy groups -OCH3 is 2. The second kappa shape index (κ2) is 10.4. The van der Waals surface area contributed by atoms with Gasteiger partial charge in [-0.25, -0.2) is 0 Å². The number of aromatic nitrogens is 1. The van der Waals surface area contributed by atoms with E-state index in [1.54, 1.807) is 14.2 Å². The number of nitrogens with zero attached hydrogens (tertiary/aromatic N) is 1. The molecule has 1 aromatic heterocycles. The number of H-pyrrole nitrogens is 1. The van der Waals surface area contributed by atoms with Crippen LogP contribution in [0.25, 0.3) is 10.9 Å². The van der Waals surface area contributed by atoms with Crippen molar-refractivity contribution in [2.75, 3.05) is 20.8 Å². The van der Waals surface area contributed by atoms with Crippen LogP contribution in [0.5, 0.6) is 11.5 Å². The Balaban J connectivity index is 0.00000312. The average molecular weight is 460 g/mol. The molecule has 1 atom stereocenters. The highest BCUT2D eigenvalue weighted by Crippen LogP contribution is 2.31. The number of fused-ring (bicyclic) bond motifs is 1. The van der Waals surface area contributed by atoms with Gasteiger partial charge >= 0.3 is 0 Å². The number of nitrogens with one attached hydrogen (secondary N) is 2. The van der Waals surface area contributed by atoms with Gasteiger partial charge in [-0.2, -0.15) is 0 Å². The number of halogens is 1. The second-order valence-corrected chi connectivity index (χ2v) is 5.91. The van der Waals surface area contributed by atoms with E-state index in [1.807, 2.05) is 12.1 Å². The molecule has 0 aliphatic carbocycles. The maximum absolute atomic E-state index is 5.86. The van der Waals surface area contributed by atoms with Gasteiger partial charge in [-0.05, 0) is 32.3 Å². The van der Waals surface area contributed by atoms with Crippen molar-refractivity contribution >= 4 is 40.8 Å². The van der Waals surface area contributed by atoms with Crippen molar-refractivity contribution in [3.8, 4) is 11.5 Å². The molecular formula is C18H29IN4O2. The third-order valence-electron chi connectivity index (χ3n) is 4.08. The molecule has 0 bridgehead atoms. The predicted molar refractivity (Wildman–Crippen MR) is 115 cm³/mol. The van der Waals surface area contributed by atoms with Crippen molar-refractivity contribution in [3.63, 3.8) is 0 Å². The standard InChI is InChI=1S/C18H28N4O2.HI/c1-5-12(2)21-18(19)20-8-6-7-13-9-15-16(22-13)10-14(23-3)11-17(15)24-4;/h9-12,22H,5-8H2,1-4H3,(H3,19,20,21);1H. The smallest absolute Gasteiger partial charge is 0.188 e. The van der Waals surface area contributed by atoms with E-state index in [9.17, 15) is 0 Å². The number of hydrogen-bond acceptors (Lipinski definition) is 3. The van der Waals surface area contributed by atoms with Gasteiger partial charge in [0.15, 0.2) is 5.96 Å². The van der Waals surface area contributed by atoms with E-state index in [4.69, 9.17) is 15.2 Å². The molecule has 1 heterocycles. The van der Waals surface area contributed by atoms with Crippen molar-refractivity contribution < 1.29 is 9.47 Å². The first kappa shape index (κ1) is 21.4. The summed E-state index contributed by atoms with van der Waals surface area (Å²) in [6, 6.07) is 6.35. The van der Waals surface area contributed by atoms with Crippen LogP contribution in [0.4, 0.5) is 0 Å². The zero-order valence-electron chi connectivity index (χ0n) is 15.4. The van der Waals surface area contributed by atoms with E-state index in [0.29, 0.717) is 18.5 Å². The lowest BCUT2D eigenvalue weighted by molar-refractivity contribution is 0.398. The Kier molecular flexibility index (Phi) is 8.88. The van der Waals surface area contributed by atoms with Crippen LogP contribution >= 0.6 is 24.0 Å². The summed E-state index contributed by atoms with van der Waals surface area (Å²) in [5, 5.41) is 4.23. The van der Waals surface area contributed by atoms with Crippen LogP contribution in [-0.4, -0.2) is 37.7 Å². The molecule has 0 saturated carbocycles. The minimum atomic E-state index is 0. The van der Waals surface area contributed by atoms with Gasteiger partial charge < -0.3 is 25.5 Å². The molecule has 0 spiro atoms. The summed E-state index contributed by atoms with van der Waals surface area (Å²) in [6.45, 7) is 4.91. The molecule has 25 heavy (non-hydrogen) atoms. The number of aryl methyl sites for hydroxylation is 1. The average Bonchev–Trinajstić information content (AvgIpc) is 3.00. The molecule has 140 valence electrons. The quantitative estimate of drug-likeness (QED) is 0.244. The molecular weight excluding hydrogens is 431 g/mol. The lowest BCUT2D eigenvalue weighted by Crippen LogP contribution is -2.38. The highest BCUT2D eigenvalue weighted by molar-refractivity contribution is 14.0. The zero-order valence-corrected chi connectivity index (χ0v) is 17.7. The van der Waals surface area contributed by atoms with Crippen molar-refractivity contribution in [1.29, 1.82) is 0 Å². The zero-order chi connectivity index (χ0) is 17.5. The lowest BCUT2D eigenvalue weighted by Gasteiger charge is -2.11. The van der Waals surface area contributed by atoms with Crippen molar-refractivity contribution in [2.24, 2.45) is 10.7 Å². The van der Waals surface area contributed by atoms with Gasteiger partial charge in [0.25, 0.3) is 0 Å². The Bertz CT molecular complexity index is 700. The highest BCUT2D eigenvalue weighted by atomic mass is 127. The largest absolute Gasteiger partial charge is 0.497 e. The number of nitrogens with two attached hydrogens (primary N) is 1. The van der Waals surface area contributed by atoms with E-state index in [-0.39, 0.29) is 24.0 Å². The first-order valence-electron chi connectivity index (χ1n) is 8.37. The van der Waals surface area contributed by atoms with Crippen LogP contribution in [-0.2, 0) is 6.42 Å². The van der Waals surface area contributed by atoms with Gasteiger partial charge in [-0.1, -0.05) is 6.92 Å². The number of benzene rings is 1. The number of ether oxygens (including phenoxy) is 2. The minimum absolute atomic E-state index is 0. The Morgan fingerprint density at radius 3 is 2.68 bits per heavy atom. The number of hydrogen-bond donors (Lipinski definition) is 3. The Hall–Kier alpha value is -1.64. The van der Waals surface area contributed by atoms with Gasteiger partial charge in [0.05, 0.1) is 19.7 Å². The van der Waals surface area contributed by atoms with Crippen LogP contribution in [0.2, 0.25) is 0 Å². The molecule has 0 aliphatic heterocycles. The molecule has 0 fully saturated rings. The van der Waals surface area contributed by atoms with E-state index < -0.39 is 0 Å². The molecule has 7 heteroatoms. The van der Waals surface area contributed by atoms with Crippen molar-refractivity contribution in [1.82, 2.24) is 10.3 Å². The fourth-order valence-electron chi connectivity index (χ4n) is 2.53. The first-order chi connectivity index (χ1) is 11.6. The van der Waals surface area contributed by atoms with Gasteiger partial charge in [0, 0.05) is 35.8 Å².